The average molecular weight is 311 g/mol. The van der Waals surface area contributed by atoms with E-state index in [1.54, 1.807) is 11.0 Å². The predicted molar refractivity (Wildman–Crippen MR) is 84.8 cm³/mol. The topological polar surface area (TPSA) is 41.6 Å². The minimum Gasteiger partial charge on any atom is -0.490 e. The lowest BCUT2D eigenvalue weighted by atomic mass is 10.1. The highest BCUT2D eigenvalue weighted by Gasteiger charge is 2.16. The maximum absolute atomic E-state index is 12.0. The second-order valence-corrected chi connectivity index (χ2v) is 5.83. The standard InChI is InChI=1S/C16H23ClN2O2/c1-19(16(20)9-8-13-5-4-10-18-13)11-12-21-15-7-3-2-6-14(15)17/h2-3,6-7,13,18H,4-5,8-12H2,1H3. The third kappa shape index (κ3) is 5.21. The number of ether oxygens (including phenoxy) is 1. The number of nitrogens with zero attached hydrogens (tertiary/aromatic N) is 1. The van der Waals surface area contributed by atoms with E-state index in [9.17, 15) is 4.79 Å². The van der Waals surface area contributed by atoms with E-state index in [0.29, 0.717) is 36.4 Å². The van der Waals surface area contributed by atoms with Crippen molar-refractivity contribution in [3.05, 3.63) is 29.3 Å². The second-order valence-electron chi connectivity index (χ2n) is 5.43. The summed E-state index contributed by atoms with van der Waals surface area (Å²) in [5, 5.41) is 4.01. The Morgan fingerprint density at radius 3 is 3.00 bits per heavy atom. The van der Waals surface area contributed by atoms with Crippen LogP contribution in [0.2, 0.25) is 5.02 Å². The summed E-state index contributed by atoms with van der Waals surface area (Å²) in [6.07, 6.45) is 3.93. The van der Waals surface area contributed by atoms with Gasteiger partial charge in [0.25, 0.3) is 0 Å². The molecule has 1 atom stereocenters. The van der Waals surface area contributed by atoms with Crippen LogP contribution in [0, 0.1) is 0 Å². The molecule has 0 bridgehead atoms. The highest BCUT2D eigenvalue weighted by atomic mass is 35.5. The molecule has 1 N–H and O–H groups in total. The van der Waals surface area contributed by atoms with Crippen molar-refractivity contribution in [1.29, 1.82) is 0 Å². The molecule has 1 heterocycles. The van der Waals surface area contributed by atoms with E-state index in [4.69, 9.17) is 16.3 Å². The molecule has 0 radical (unpaired) electrons. The summed E-state index contributed by atoms with van der Waals surface area (Å²) >= 11 is 6.01. The zero-order chi connectivity index (χ0) is 15.1. The zero-order valence-electron chi connectivity index (χ0n) is 12.5. The number of para-hydroxylation sites is 1. The van der Waals surface area contributed by atoms with Crippen LogP contribution in [0.25, 0.3) is 0 Å². The molecule has 1 unspecified atom stereocenters. The zero-order valence-corrected chi connectivity index (χ0v) is 13.2. The van der Waals surface area contributed by atoms with Gasteiger partial charge in [-0.1, -0.05) is 23.7 Å². The largest absolute Gasteiger partial charge is 0.490 e. The van der Waals surface area contributed by atoms with Gasteiger partial charge in [0.1, 0.15) is 12.4 Å². The van der Waals surface area contributed by atoms with Gasteiger partial charge in [0, 0.05) is 19.5 Å². The van der Waals surface area contributed by atoms with Crippen LogP contribution < -0.4 is 10.1 Å². The number of hydrogen-bond donors (Lipinski definition) is 1. The molecule has 4 nitrogen and oxygen atoms in total. The third-order valence-corrected chi connectivity index (χ3v) is 4.13. The van der Waals surface area contributed by atoms with Gasteiger partial charge in [0.2, 0.25) is 5.91 Å². The Balaban J connectivity index is 1.65. The number of carbonyl (C=O) groups excluding carboxylic acids is 1. The minimum atomic E-state index is 0.173. The summed E-state index contributed by atoms with van der Waals surface area (Å²) < 4.78 is 5.60. The second kappa shape index (κ2) is 8.25. The number of likely N-dealkylation sites (N-methyl/N-ethyl adjacent to an activating group) is 1. The molecule has 1 aliphatic heterocycles. The van der Waals surface area contributed by atoms with Gasteiger partial charge in [-0.25, -0.2) is 0 Å². The molecule has 21 heavy (non-hydrogen) atoms. The average Bonchev–Trinajstić information content (AvgIpc) is 3.00. The van der Waals surface area contributed by atoms with Crippen LogP contribution >= 0.6 is 11.6 Å². The van der Waals surface area contributed by atoms with Crippen LogP contribution in [-0.2, 0) is 4.79 Å². The summed E-state index contributed by atoms with van der Waals surface area (Å²) in [5.41, 5.74) is 0. The summed E-state index contributed by atoms with van der Waals surface area (Å²) in [6.45, 7) is 2.11. The molecule has 116 valence electrons. The van der Waals surface area contributed by atoms with Gasteiger partial charge in [-0.15, -0.1) is 0 Å². The Morgan fingerprint density at radius 1 is 1.48 bits per heavy atom. The number of halogens is 1. The van der Waals surface area contributed by atoms with Crippen molar-refractivity contribution < 1.29 is 9.53 Å². The van der Waals surface area contributed by atoms with E-state index >= 15 is 0 Å². The normalized spacial score (nSPS) is 17.7. The maximum Gasteiger partial charge on any atom is 0.222 e. The van der Waals surface area contributed by atoms with E-state index in [0.717, 1.165) is 13.0 Å². The molecule has 1 aromatic carbocycles. The third-order valence-electron chi connectivity index (χ3n) is 3.82. The molecule has 0 aromatic heterocycles. The fraction of sp³-hybridized carbons (Fsp3) is 0.562. The van der Waals surface area contributed by atoms with Crippen molar-refractivity contribution in [3.8, 4) is 5.75 Å². The number of amides is 1. The van der Waals surface area contributed by atoms with E-state index in [1.807, 2.05) is 25.2 Å². The van der Waals surface area contributed by atoms with E-state index in [1.165, 1.54) is 12.8 Å². The van der Waals surface area contributed by atoms with E-state index in [2.05, 4.69) is 5.32 Å². The maximum atomic E-state index is 12.0. The smallest absolute Gasteiger partial charge is 0.222 e. The molecule has 0 saturated carbocycles. The number of hydrogen-bond acceptors (Lipinski definition) is 3. The van der Waals surface area contributed by atoms with Crippen molar-refractivity contribution in [2.24, 2.45) is 0 Å². The van der Waals surface area contributed by atoms with Gasteiger partial charge in [-0.2, -0.15) is 0 Å². The van der Waals surface area contributed by atoms with Gasteiger partial charge >= 0.3 is 0 Å². The van der Waals surface area contributed by atoms with Crippen LogP contribution in [0.3, 0.4) is 0 Å². The van der Waals surface area contributed by atoms with Crippen LogP contribution in [-0.4, -0.2) is 43.6 Å². The molecule has 1 saturated heterocycles. The molecular weight excluding hydrogens is 288 g/mol. The fourth-order valence-corrected chi connectivity index (χ4v) is 2.66. The summed E-state index contributed by atoms with van der Waals surface area (Å²) in [5.74, 6) is 0.835. The van der Waals surface area contributed by atoms with Gasteiger partial charge < -0.3 is 15.0 Å². The predicted octanol–water partition coefficient (Wildman–Crippen LogP) is 2.71. The lowest BCUT2D eigenvalue weighted by molar-refractivity contribution is -0.130. The number of benzene rings is 1. The summed E-state index contributed by atoms with van der Waals surface area (Å²) in [7, 11) is 1.82. The first kappa shape index (κ1) is 16.1. The molecule has 1 aromatic rings. The fourth-order valence-electron chi connectivity index (χ4n) is 2.47. The van der Waals surface area contributed by atoms with E-state index in [-0.39, 0.29) is 5.91 Å². The Hall–Kier alpha value is -1.26. The molecule has 0 spiro atoms. The molecule has 1 amide bonds. The lowest BCUT2D eigenvalue weighted by Gasteiger charge is -2.19. The van der Waals surface area contributed by atoms with Gasteiger partial charge in [0.05, 0.1) is 11.6 Å². The Morgan fingerprint density at radius 2 is 2.29 bits per heavy atom. The SMILES string of the molecule is CN(CCOc1ccccc1Cl)C(=O)CCC1CCCN1. The first-order valence-electron chi connectivity index (χ1n) is 7.51. The van der Waals surface area contributed by atoms with Crippen LogP contribution in [0.5, 0.6) is 5.75 Å². The van der Waals surface area contributed by atoms with Crippen molar-refractivity contribution in [2.75, 3.05) is 26.7 Å². The van der Waals surface area contributed by atoms with Crippen LogP contribution in [0.1, 0.15) is 25.7 Å². The minimum absolute atomic E-state index is 0.173. The molecule has 0 aliphatic carbocycles. The Kier molecular flexibility index (Phi) is 6.33. The molecular formula is C16H23ClN2O2. The summed E-state index contributed by atoms with van der Waals surface area (Å²) in [6, 6.07) is 7.88. The van der Waals surface area contributed by atoms with Gasteiger partial charge in [-0.05, 0) is 37.9 Å². The van der Waals surface area contributed by atoms with Gasteiger partial charge in [-0.3, -0.25) is 4.79 Å². The molecule has 2 rings (SSSR count). The van der Waals surface area contributed by atoms with E-state index < -0.39 is 0 Å². The molecule has 1 fully saturated rings. The number of nitrogens with one attached hydrogen (secondary N) is 1. The van der Waals surface area contributed by atoms with Crippen LogP contribution in [0.4, 0.5) is 0 Å². The lowest BCUT2D eigenvalue weighted by Crippen LogP contribution is -2.32. The van der Waals surface area contributed by atoms with Gasteiger partial charge in [0.15, 0.2) is 0 Å². The molecule has 5 heteroatoms. The van der Waals surface area contributed by atoms with Crippen molar-refractivity contribution >= 4 is 17.5 Å². The monoisotopic (exact) mass is 310 g/mol. The first-order valence-corrected chi connectivity index (χ1v) is 7.89. The number of rotatable bonds is 7. The Bertz CT molecular complexity index is 461. The summed E-state index contributed by atoms with van der Waals surface area (Å²) in [4.78, 5) is 13.8. The highest BCUT2D eigenvalue weighted by molar-refractivity contribution is 6.32. The Labute approximate surface area is 131 Å². The van der Waals surface area contributed by atoms with Crippen molar-refractivity contribution in [3.63, 3.8) is 0 Å². The first-order chi connectivity index (χ1) is 10.2. The van der Waals surface area contributed by atoms with Crippen molar-refractivity contribution in [2.45, 2.75) is 31.7 Å². The van der Waals surface area contributed by atoms with Crippen LogP contribution in [0.15, 0.2) is 24.3 Å². The number of carbonyl (C=O) groups is 1. The molecule has 1 aliphatic rings. The van der Waals surface area contributed by atoms with Crippen molar-refractivity contribution in [1.82, 2.24) is 10.2 Å². The highest BCUT2D eigenvalue weighted by Crippen LogP contribution is 2.22. The quantitative estimate of drug-likeness (QED) is 0.842.